The van der Waals surface area contributed by atoms with Gasteiger partial charge in [0.15, 0.2) is 0 Å². The lowest BCUT2D eigenvalue weighted by molar-refractivity contribution is 0.112. The van der Waals surface area contributed by atoms with Crippen LogP contribution < -0.4 is 0 Å². The molecule has 0 bridgehead atoms. The van der Waals surface area contributed by atoms with Crippen molar-refractivity contribution in [1.29, 1.82) is 0 Å². The predicted octanol–water partition coefficient (Wildman–Crippen LogP) is 5.02. The lowest BCUT2D eigenvalue weighted by Gasteiger charge is -2.07. The first-order chi connectivity index (χ1) is 9.99. The van der Waals surface area contributed by atoms with Crippen molar-refractivity contribution in [2.24, 2.45) is 0 Å². The monoisotopic (exact) mass is 284 g/mol. The number of phenolic OH excluding ortho intramolecular Hbond substituents is 1. The Morgan fingerprint density at radius 1 is 1.10 bits per heavy atom. The summed E-state index contributed by atoms with van der Waals surface area (Å²) in [6.45, 7) is 8.31. The average molecular weight is 284 g/mol. The largest absolute Gasteiger partial charge is 0.508 e. The van der Waals surface area contributed by atoms with E-state index in [1.807, 2.05) is 44.2 Å². The van der Waals surface area contributed by atoms with E-state index in [2.05, 4.69) is 13.8 Å². The van der Waals surface area contributed by atoms with Crippen molar-refractivity contribution in [3.8, 4) is 5.75 Å². The van der Waals surface area contributed by atoms with Gasteiger partial charge in [-0.05, 0) is 55.0 Å². The van der Waals surface area contributed by atoms with Gasteiger partial charge >= 0.3 is 0 Å². The van der Waals surface area contributed by atoms with E-state index >= 15 is 0 Å². The highest BCUT2D eigenvalue weighted by Crippen LogP contribution is 2.20. The van der Waals surface area contributed by atoms with Crippen molar-refractivity contribution in [2.45, 2.75) is 40.0 Å². The van der Waals surface area contributed by atoms with Crippen LogP contribution >= 0.6 is 0 Å². The van der Waals surface area contributed by atoms with Gasteiger partial charge in [0.1, 0.15) is 12.0 Å². The summed E-state index contributed by atoms with van der Waals surface area (Å²) in [4.78, 5) is 10.4. The van der Waals surface area contributed by atoms with E-state index < -0.39 is 0 Å². The van der Waals surface area contributed by atoms with Crippen LogP contribution in [0.25, 0.3) is 0 Å². The lowest BCUT2D eigenvalue weighted by Crippen LogP contribution is -1.89. The number of carbonyl (C=O) groups is 1. The van der Waals surface area contributed by atoms with Crippen LogP contribution in [0.1, 0.15) is 53.2 Å². The number of phenols is 1. The number of aromatic hydroxyl groups is 1. The van der Waals surface area contributed by atoms with E-state index in [0.717, 1.165) is 23.8 Å². The Morgan fingerprint density at radius 2 is 1.71 bits per heavy atom. The molecular weight excluding hydrogens is 260 g/mol. The van der Waals surface area contributed by atoms with Crippen molar-refractivity contribution in [3.63, 3.8) is 0 Å². The molecule has 2 nitrogen and oxygen atoms in total. The fourth-order valence-electron chi connectivity index (χ4n) is 1.94. The molecule has 0 aliphatic carbocycles. The summed E-state index contributed by atoms with van der Waals surface area (Å²) in [5.74, 6) is 0.938. The van der Waals surface area contributed by atoms with E-state index in [9.17, 15) is 4.79 Å². The highest BCUT2D eigenvalue weighted by molar-refractivity contribution is 5.77. The van der Waals surface area contributed by atoms with Crippen molar-refractivity contribution in [2.75, 3.05) is 0 Å². The fraction of sp³-hybridized carbons (Fsp3) is 0.316. The number of hydrogen-bond donors (Lipinski definition) is 1. The first-order valence-electron chi connectivity index (χ1n) is 7.29. The molecule has 112 valence electrons. The summed E-state index contributed by atoms with van der Waals surface area (Å²) in [7, 11) is 0. The van der Waals surface area contributed by atoms with Gasteiger partial charge in [0.2, 0.25) is 0 Å². The molecule has 0 saturated carbocycles. The van der Waals surface area contributed by atoms with Crippen LogP contribution in [0, 0.1) is 13.8 Å². The molecule has 0 fully saturated rings. The van der Waals surface area contributed by atoms with Crippen molar-refractivity contribution in [3.05, 3.63) is 64.7 Å². The molecular formula is C19H24O2. The van der Waals surface area contributed by atoms with Crippen molar-refractivity contribution in [1.82, 2.24) is 0 Å². The third kappa shape index (κ3) is 5.07. The molecule has 2 heteroatoms. The van der Waals surface area contributed by atoms with Crippen LogP contribution in [-0.2, 0) is 0 Å². The summed E-state index contributed by atoms with van der Waals surface area (Å²) in [5.41, 5.74) is 4.34. The van der Waals surface area contributed by atoms with E-state index in [4.69, 9.17) is 5.11 Å². The van der Waals surface area contributed by atoms with Crippen LogP contribution in [0.15, 0.2) is 42.5 Å². The number of rotatable bonds is 3. The zero-order valence-electron chi connectivity index (χ0n) is 13.3. The fourth-order valence-corrected chi connectivity index (χ4v) is 1.94. The minimum absolute atomic E-state index is 0.344. The van der Waals surface area contributed by atoms with Gasteiger partial charge in [-0.25, -0.2) is 0 Å². The topological polar surface area (TPSA) is 37.3 Å². The average Bonchev–Trinajstić information content (AvgIpc) is 2.50. The molecule has 2 rings (SSSR count). The maximum absolute atomic E-state index is 10.4. The van der Waals surface area contributed by atoms with E-state index in [-0.39, 0.29) is 0 Å². The Morgan fingerprint density at radius 3 is 2.19 bits per heavy atom. The summed E-state index contributed by atoms with van der Waals surface area (Å²) in [5, 5.41) is 9.01. The van der Waals surface area contributed by atoms with E-state index in [0.29, 0.717) is 11.7 Å². The second-order valence-electron chi connectivity index (χ2n) is 5.31. The molecule has 21 heavy (non-hydrogen) atoms. The highest BCUT2D eigenvalue weighted by atomic mass is 16.3. The van der Waals surface area contributed by atoms with E-state index in [1.165, 1.54) is 11.1 Å². The third-order valence-corrected chi connectivity index (χ3v) is 3.85. The van der Waals surface area contributed by atoms with Gasteiger partial charge in [0, 0.05) is 5.56 Å². The van der Waals surface area contributed by atoms with Crippen LogP contribution in [0.2, 0.25) is 0 Å². The van der Waals surface area contributed by atoms with E-state index in [1.54, 1.807) is 12.1 Å². The van der Waals surface area contributed by atoms with Crippen LogP contribution in [0.3, 0.4) is 0 Å². The Hall–Kier alpha value is -2.09. The summed E-state index contributed by atoms with van der Waals surface area (Å²) in [6, 6.07) is 13.2. The predicted molar refractivity (Wildman–Crippen MR) is 88.1 cm³/mol. The molecule has 0 radical (unpaired) electrons. The van der Waals surface area contributed by atoms with Gasteiger partial charge < -0.3 is 5.11 Å². The normalized spacial score (nSPS) is 11.2. The second-order valence-corrected chi connectivity index (χ2v) is 5.31. The summed E-state index contributed by atoms with van der Waals surface area (Å²) in [6.07, 6.45) is 2.03. The Balaban J connectivity index is 0.000000211. The van der Waals surface area contributed by atoms with Crippen molar-refractivity contribution >= 4 is 6.29 Å². The molecule has 0 spiro atoms. The molecule has 1 atom stereocenters. The summed E-state index contributed by atoms with van der Waals surface area (Å²) < 4.78 is 0. The number of benzene rings is 2. The standard InChI is InChI=1S/C10H14O.C9H10O/c1-3-8(2)9-4-6-10(11)7-5-9;1-7-4-3-5-9(6-10)8(7)2/h4-8,11H,3H2,1-2H3;3-6H,1-2H3. The molecule has 0 heterocycles. The minimum Gasteiger partial charge on any atom is -0.508 e. The zero-order chi connectivity index (χ0) is 15.8. The molecule has 2 aromatic carbocycles. The quantitative estimate of drug-likeness (QED) is 0.803. The first kappa shape index (κ1) is 17.0. The molecule has 0 aliphatic heterocycles. The maximum Gasteiger partial charge on any atom is 0.150 e. The van der Waals surface area contributed by atoms with Gasteiger partial charge in [0.25, 0.3) is 0 Å². The smallest absolute Gasteiger partial charge is 0.150 e. The van der Waals surface area contributed by atoms with Crippen LogP contribution in [0.5, 0.6) is 5.75 Å². The molecule has 0 aliphatic rings. The van der Waals surface area contributed by atoms with Gasteiger partial charge in [0.05, 0.1) is 0 Å². The van der Waals surface area contributed by atoms with Gasteiger partial charge in [-0.15, -0.1) is 0 Å². The molecule has 2 aromatic rings. The van der Waals surface area contributed by atoms with Gasteiger partial charge in [-0.1, -0.05) is 44.2 Å². The Labute approximate surface area is 127 Å². The van der Waals surface area contributed by atoms with Gasteiger partial charge in [-0.3, -0.25) is 4.79 Å². The Bertz CT molecular complexity index is 571. The molecule has 0 aromatic heterocycles. The number of aldehydes is 1. The van der Waals surface area contributed by atoms with Crippen LogP contribution in [0.4, 0.5) is 0 Å². The molecule has 0 amide bonds. The highest BCUT2D eigenvalue weighted by Gasteiger charge is 2.00. The minimum atomic E-state index is 0.344. The number of aryl methyl sites for hydroxylation is 1. The number of hydrogen-bond acceptors (Lipinski definition) is 2. The number of carbonyl (C=O) groups excluding carboxylic acids is 1. The van der Waals surface area contributed by atoms with Gasteiger partial charge in [-0.2, -0.15) is 0 Å². The van der Waals surface area contributed by atoms with Crippen molar-refractivity contribution < 1.29 is 9.90 Å². The SMILES string of the molecule is CCC(C)c1ccc(O)cc1.Cc1cccc(C=O)c1C. The first-order valence-corrected chi connectivity index (χ1v) is 7.29. The molecule has 1 N–H and O–H groups in total. The zero-order valence-corrected chi connectivity index (χ0v) is 13.3. The molecule has 1 unspecified atom stereocenters. The van der Waals surface area contributed by atoms with Crippen LogP contribution in [-0.4, -0.2) is 11.4 Å². The summed E-state index contributed by atoms with van der Waals surface area (Å²) >= 11 is 0. The second kappa shape index (κ2) is 8.25. The molecule has 0 saturated heterocycles. The maximum atomic E-state index is 10.4. The lowest BCUT2D eigenvalue weighted by atomic mass is 9.99. The third-order valence-electron chi connectivity index (χ3n) is 3.85. The Kier molecular flexibility index (Phi) is 6.67.